The number of aryl methyl sites for hydroxylation is 1. The number of ether oxygens (including phenoxy) is 1. The van der Waals surface area contributed by atoms with Gasteiger partial charge in [0.25, 0.3) is 0 Å². The van der Waals surface area contributed by atoms with Crippen LogP contribution in [0.5, 0.6) is 0 Å². The predicted molar refractivity (Wildman–Crippen MR) is 81.6 cm³/mol. The van der Waals surface area contributed by atoms with E-state index in [1.165, 1.54) is 18.2 Å². The van der Waals surface area contributed by atoms with Gasteiger partial charge in [0, 0.05) is 11.8 Å². The van der Waals surface area contributed by atoms with Crippen LogP contribution in [0.4, 0.5) is 0 Å². The Hall–Kier alpha value is -1.00. The van der Waals surface area contributed by atoms with Crippen molar-refractivity contribution in [2.45, 2.75) is 26.3 Å². The van der Waals surface area contributed by atoms with Crippen LogP contribution in [0.3, 0.4) is 0 Å². The fraction of sp³-hybridized carbons (Fsp3) is 0.533. The molecule has 0 radical (unpaired) electrons. The topological polar surface area (TPSA) is 38.3 Å². The highest BCUT2D eigenvalue weighted by molar-refractivity contribution is 7.99. The normalized spacial score (nSPS) is 12.2. The molecule has 0 aliphatic rings. The van der Waals surface area contributed by atoms with Crippen molar-refractivity contribution < 1.29 is 9.53 Å². The first kappa shape index (κ1) is 16.1. The Morgan fingerprint density at radius 1 is 1.42 bits per heavy atom. The summed E-state index contributed by atoms with van der Waals surface area (Å²) in [6, 6.07) is 8.68. The molecule has 0 aromatic heterocycles. The van der Waals surface area contributed by atoms with Gasteiger partial charge in [0.05, 0.1) is 12.9 Å². The number of rotatable bonds is 8. The number of hydrogen-bond acceptors (Lipinski definition) is 4. The molecule has 106 valence electrons. The lowest BCUT2D eigenvalue weighted by Crippen LogP contribution is -2.25. The SMILES string of the molecule is CCCNC(CSCC(=O)OC)c1ccccc1C. The van der Waals surface area contributed by atoms with Crippen LogP contribution in [0, 0.1) is 6.92 Å². The molecule has 4 heteroatoms. The first-order valence-electron chi connectivity index (χ1n) is 6.62. The highest BCUT2D eigenvalue weighted by Gasteiger charge is 2.13. The molecule has 0 amide bonds. The van der Waals surface area contributed by atoms with E-state index in [0.29, 0.717) is 5.75 Å². The summed E-state index contributed by atoms with van der Waals surface area (Å²) in [6.45, 7) is 5.27. The third-order valence-corrected chi connectivity index (χ3v) is 3.95. The lowest BCUT2D eigenvalue weighted by Gasteiger charge is -2.20. The zero-order chi connectivity index (χ0) is 14.1. The van der Waals surface area contributed by atoms with Crippen LogP contribution in [-0.2, 0) is 9.53 Å². The van der Waals surface area contributed by atoms with E-state index in [2.05, 4.69) is 48.2 Å². The van der Waals surface area contributed by atoms with Gasteiger partial charge in [-0.1, -0.05) is 31.2 Å². The number of thioether (sulfide) groups is 1. The second-order valence-corrected chi connectivity index (χ2v) is 5.48. The molecule has 0 saturated carbocycles. The molecule has 0 heterocycles. The molecule has 0 aliphatic heterocycles. The minimum Gasteiger partial charge on any atom is -0.468 e. The van der Waals surface area contributed by atoms with E-state index >= 15 is 0 Å². The molecule has 0 spiro atoms. The maximum Gasteiger partial charge on any atom is 0.315 e. The Bertz CT molecular complexity index is 395. The molecular formula is C15H23NO2S. The Kier molecular flexibility index (Phi) is 7.60. The number of benzene rings is 1. The molecule has 0 bridgehead atoms. The van der Waals surface area contributed by atoms with Crippen LogP contribution >= 0.6 is 11.8 Å². The van der Waals surface area contributed by atoms with Crippen LogP contribution in [0.15, 0.2) is 24.3 Å². The molecule has 1 rings (SSSR count). The van der Waals surface area contributed by atoms with Gasteiger partial charge in [-0.3, -0.25) is 4.79 Å². The Morgan fingerprint density at radius 2 is 2.16 bits per heavy atom. The van der Waals surface area contributed by atoms with Crippen molar-refractivity contribution in [2.75, 3.05) is 25.2 Å². The number of carbonyl (C=O) groups is 1. The first-order valence-corrected chi connectivity index (χ1v) is 7.78. The van der Waals surface area contributed by atoms with Crippen molar-refractivity contribution in [1.82, 2.24) is 5.32 Å². The zero-order valence-corrected chi connectivity index (χ0v) is 12.8. The van der Waals surface area contributed by atoms with Gasteiger partial charge in [0.15, 0.2) is 0 Å². The summed E-state index contributed by atoms with van der Waals surface area (Å²) in [5.74, 6) is 1.12. The third-order valence-electron chi connectivity index (χ3n) is 2.94. The summed E-state index contributed by atoms with van der Waals surface area (Å²) in [5, 5.41) is 3.55. The smallest absolute Gasteiger partial charge is 0.315 e. The van der Waals surface area contributed by atoms with Crippen molar-refractivity contribution in [1.29, 1.82) is 0 Å². The Morgan fingerprint density at radius 3 is 2.79 bits per heavy atom. The molecule has 1 aromatic rings. The second-order valence-electron chi connectivity index (χ2n) is 4.45. The van der Waals surface area contributed by atoms with E-state index in [1.807, 2.05) is 0 Å². The summed E-state index contributed by atoms with van der Waals surface area (Å²) in [7, 11) is 1.43. The fourth-order valence-electron chi connectivity index (χ4n) is 1.87. The van der Waals surface area contributed by atoms with Crippen molar-refractivity contribution in [3.05, 3.63) is 35.4 Å². The van der Waals surface area contributed by atoms with E-state index in [-0.39, 0.29) is 12.0 Å². The number of nitrogens with one attached hydrogen (secondary N) is 1. The summed E-state index contributed by atoms with van der Waals surface area (Å²) < 4.78 is 4.66. The quantitative estimate of drug-likeness (QED) is 0.744. The van der Waals surface area contributed by atoms with Crippen molar-refractivity contribution >= 4 is 17.7 Å². The summed E-state index contributed by atoms with van der Waals surface area (Å²) in [5.41, 5.74) is 2.60. The zero-order valence-electron chi connectivity index (χ0n) is 11.9. The Balaban J connectivity index is 2.61. The van der Waals surface area contributed by atoms with Crippen LogP contribution < -0.4 is 5.32 Å². The van der Waals surface area contributed by atoms with Gasteiger partial charge in [0.1, 0.15) is 0 Å². The largest absolute Gasteiger partial charge is 0.468 e. The maximum atomic E-state index is 11.1. The Labute approximate surface area is 120 Å². The molecule has 0 saturated heterocycles. The van der Waals surface area contributed by atoms with E-state index < -0.39 is 0 Å². The molecule has 1 N–H and O–H groups in total. The van der Waals surface area contributed by atoms with Gasteiger partial charge in [-0.05, 0) is 31.0 Å². The van der Waals surface area contributed by atoms with Gasteiger partial charge in [-0.15, -0.1) is 11.8 Å². The van der Waals surface area contributed by atoms with E-state index in [4.69, 9.17) is 0 Å². The van der Waals surface area contributed by atoms with Crippen molar-refractivity contribution in [3.63, 3.8) is 0 Å². The predicted octanol–water partition coefficient (Wildman–Crippen LogP) is 2.94. The highest BCUT2D eigenvalue weighted by atomic mass is 32.2. The summed E-state index contributed by atoms with van der Waals surface area (Å²) >= 11 is 1.61. The highest BCUT2D eigenvalue weighted by Crippen LogP contribution is 2.21. The minimum atomic E-state index is -0.163. The number of hydrogen-bond donors (Lipinski definition) is 1. The van der Waals surface area contributed by atoms with Crippen LogP contribution in [0.1, 0.15) is 30.5 Å². The van der Waals surface area contributed by atoms with Crippen LogP contribution in [0.2, 0.25) is 0 Å². The third kappa shape index (κ3) is 5.66. The monoisotopic (exact) mass is 281 g/mol. The standard InChI is InChI=1S/C15H23NO2S/c1-4-9-16-14(10-19-11-15(17)18-3)13-8-6-5-7-12(13)2/h5-8,14,16H,4,9-11H2,1-3H3. The minimum absolute atomic E-state index is 0.163. The van der Waals surface area contributed by atoms with Crippen LogP contribution in [-0.4, -0.2) is 31.1 Å². The molecule has 1 atom stereocenters. The molecule has 0 aliphatic carbocycles. The fourth-order valence-corrected chi connectivity index (χ4v) is 2.81. The van der Waals surface area contributed by atoms with Gasteiger partial charge in [0.2, 0.25) is 0 Å². The summed E-state index contributed by atoms with van der Waals surface area (Å²) in [4.78, 5) is 11.1. The van der Waals surface area contributed by atoms with Crippen LogP contribution in [0.25, 0.3) is 0 Å². The molecule has 19 heavy (non-hydrogen) atoms. The average Bonchev–Trinajstić information content (AvgIpc) is 2.43. The van der Waals surface area contributed by atoms with Gasteiger partial charge >= 0.3 is 5.97 Å². The molecule has 1 aromatic carbocycles. The van der Waals surface area contributed by atoms with Gasteiger partial charge in [-0.2, -0.15) is 0 Å². The van der Waals surface area contributed by atoms with E-state index in [0.717, 1.165) is 18.7 Å². The lowest BCUT2D eigenvalue weighted by molar-refractivity contribution is -0.137. The number of esters is 1. The second kappa shape index (κ2) is 8.99. The number of methoxy groups -OCH3 is 1. The maximum absolute atomic E-state index is 11.1. The molecule has 1 unspecified atom stereocenters. The lowest BCUT2D eigenvalue weighted by atomic mass is 10.0. The van der Waals surface area contributed by atoms with Crippen molar-refractivity contribution in [2.24, 2.45) is 0 Å². The van der Waals surface area contributed by atoms with Crippen molar-refractivity contribution in [3.8, 4) is 0 Å². The first-order chi connectivity index (χ1) is 9.19. The van der Waals surface area contributed by atoms with E-state index in [9.17, 15) is 4.79 Å². The van der Waals surface area contributed by atoms with Gasteiger partial charge in [-0.25, -0.2) is 0 Å². The van der Waals surface area contributed by atoms with E-state index in [1.54, 1.807) is 11.8 Å². The summed E-state index contributed by atoms with van der Waals surface area (Å²) in [6.07, 6.45) is 1.10. The number of carbonyl (C=O) groups excluding carboxylic acids is 1. The average molecular weight is 281 g/mol. The molecule has 3 nitrogen and oxygen atoms in total. The van der Waals surface area contributed by atoms with Gasteiger partial charge < -0.3 is 10.1 Å². The molecule has 0 fully saturated rings. The molecular weight excluding hydrogens is 258 g/mol.